The Bertz CT molecular complexity index is 705. The molecule has 0 aliphatic heterocycles. The van der Waals surface area contributed by atoms with Crippen molar-refractivity contribution in [3.63, 3.8) is 0 Å². The van der Waals surface area contributed by atoms with Crippen LogP contribution in [-0.4, -0.2) is 11.3 Å². The zero-order chi connectivity index (χ0) is 16.5. The van der Waals surface area contributed by atoms with Crippen LogP contribution in [0.3, 0.4) is 0 Å². The van der Waals surface area contributed by atoms with Crippen LogP contribution >= 0.6 is 0 Å². The van der Waals surface area contributed by atoms with Gasteiger partial charge in [0.15, 0.2) is 6.29 Å². The molecule has 0 aliphatic carbocycles. The second kappa shape index (κ2) is 5.43. The molecule has 0 N–H and O–H groups in total. The molecule has 1 heterocycles. The highest BCUT2D eigenvalue weighted by molar-refractivity contribution is 5.86. The predicted molar refractivity (Wildman–Crippen MR) is 65.1 cm³/mol. The van der Waals surface area contributed by atoms with Crippen molar-refractivity contribution in [1.29, 1.82) is 0 Å². The molecule has 0 fully saturated rings. The van der Waals surface area contributed by atoms with Gasteiger partial charge in [0.2, 0.25) is 0 Å². The number of nitrogens with zero attached hydrogens (tertiary/aromatic N) is 1. The number of hydrogen-bond donors (Lipinski definition) is 0. The molecule has 0 spiro atoms. The van der Waals surface area contributed by atoms with Crippen molar-refractivity contribution >= 4 is 6.29 Å². The molecule has 0 radical (unpaired) electrons. The Hall–Kier alpha value is -2.38. The quantitative estimate of drug-likeness (QED) is 0.598. The van der Waals surface area contributed by atoms with Gasteiger partial charge in [0.1, 0.15) is 5.69 Å². The van der Waals surface area contributed by atoms with Gasteiger partial charge in [0.05, 0.1) is 11.1 Å². The van der Waals surface area contributed by atoms with Gasteiger partial charge in [-0.1, -0.05) is 18.2 Å². The van der Waals surface area contributed by atoms with E-state index in [0.717, 1.165) is 18.2 Å². The van der Waals surface area contributed by atoms with E-state index in [4.69, 9.17) is 0 Å². The van der Waals surface area contributed by atoms with E-state index in [1.807, 2.05) is 0 Å². The fraction of sp³-hybridized carbons (Fsp3) is 0.143. The standard InChI is InChI=1S/C14H7F6NO/c15-13(16,17)8-5-10(12(7-22)21-6-8)9-3-1-2-4-11(9)14(18,19)20/h1-7H. The number of hydrogen-bond acceptors (Lipinski definition) is 2. The number of halogens is 6. The Morgan fingerprint density at radius 2 is 1.55 bits per heavy atom. The fourth-order valence-corrected chi connectivity index (χ4v) is 1.91. The summed E-state index contributed by atoms with van der Waals surface area (Å²) in [6.45, 7) is 0. The van der Waals surface area contributed by atoms with Gasteiger partial charge in [-0.3, -0.25) is 9.78 Å². The zero-order valence-corrected chi connectivity index (χ0v) is 10.7. The van der Waals surface area contributed by atoms with Gasteiger partial charge in [-0.15, -0.1) is 0 Å². The van der Waals surface area contributed by atoms with Crippen LogP contribution in [0.1, 0.15) is 21.6 Å². The maximum Gasteiger partial charge on any atom is 0.417 e. The molecule has 0 atom stereocenters. The summed E-state index contributed by atoms with van der Waals surface area (Å²) < 4.78 is 77.0. The first-order valence-electron chi connectivity index (χ1n) is 5.83. The highest BCUT2D eigenvalue weighted by Gasteiger charge is 2.36. The number of benzene rings is 1. The van der Waals surface area contributed by atoms with E-state index in [1.165, 1.54) is 6.07 Å². The Kier molecular flexibility index (Phi) is 3.95. The van der Waals surface area contributed by atoms with E-state index in [0.29, 0.717) is 12.3 Å². The Morgan fingerprint density at radius 3 is 2.09 bits per heavy atom. The zero-order valence-electron chi connectivity index (χ0n) is 10.7. The number of alkyl halides is 6. The molecule has 116 valence electrons. The van der Waals surface area contributed by atoms with Crippen molar-refractivity contribution in [1.82, 2.24) is 4.98 Å². The van der Waals surface area contributed by atoms with E-state index < -0.39 is 40.3 Å². The molecule has 0 amide bonds. The van der Waals surface area contributed by atoms with Gasteiger partial charge in [-0.25, -0.2) is 0 Å². The lowest BCUT2D eigenvalue weighted by molar-refractivity contribution is -0.138. The lowest BCUT2D eigenvalue weighted by Crippen LogP contribution is -2.10. The topological polar surface area (TPSA) is 30.0 Å². The molecule has 2 aromatic rings. The van der Waals surface area contributed by atoms with Crippen molar-refractivity contribution in [3.8, 4) is 11.1 Å². The van der Waals surface area contributed by atoms with Crippen LogP contribution in [0.4, 0.5) is 26.3 Å². The van der Waals surface area contributed by atoms with Crippen molar-refractivity contribution < 1.29 is 31.1 Å². The van der Waals surface area contributed by atoms with E-state index in [-0.39, 0.29) is 6.29 Å². The van der Waals surface area contributed by atoms with Crippen molar-refractivity contribution in [3.05, 3.63) is 53.3 Å². The third-order valence-electron chi connectivity index (χ3n) is 2.88. The third kappa shape index (κ3) is 3.10. The number of aldehydes is 1. The fourth-order valence-electron chi connectivity index (χ4n) is 1.91. The summed E-state index contributed by atoms with van der Waals surface area (Å²) in [4.78, 5) is 14.2. The maximum absolute atomic E-state index is 13.0. The lowest BCUT2D eigenvalue weighted by atomic mass is 9.97. The van der Waals surface area contributed by atoms with Crippen molar-refractivity contribution in [2.75, 3.05) is 0 Å². The molecule has 0 saturated heterocycles. The molecule has 2 nitrogen and oxygen atoms in total. The Morgan fingerprint density at radius 1 is 0.909 bits per heavy atom. The largest absolute Gasteiger partial charge is 0.417 e. The first-order valence-corrected chi connectivity index (χ1v) is 5.83. The molecule has 22 heavy (non-hydrogen) atoms. The molecular weight excluding hydrogens is 312 g/mol. The van der Waals surface area contributed by atoms with Crippen LogP contribution in [0.5, 0.6) is 0 Å². The van der Waals surface area contributed by atoms with E-state index >= 15 is 0 Å². The van der Waals surface area contributed by atoms with Crippen LogP contribution in [0.15, 0.2) is 36.5 Å². The molecule has 0 unspecified atom stereocenters. The van der Waals surface area contributed by atoms with Crippen LogP contribution in [0.2, 0.25) is 0 Å². The first-order chi connectivity index (χ1) is 10.1. The lowest BCUT2D eigenvalue weighted by Gasteiger charge is -2.15. The molecule has 2 rings (SSSR count). The van der Waals surface area contributed by atoms with E-state index in [2.05, 4.69) is 4.98 Å². The van der Waals surface area contributed by atoms with Gasteiger partial charge < -0.3 is 0 Å². The van der Waals surface area contributed by atoms with Gasteiger partial charge in [0, 0.05) is 11.8 Å². The Balaban J connectivity index is 2.74. The summed E-state index contributed by atoms with van der Waals surface area (Å²) >= 11 is 0. The van der Waals surface area contributed by atoms with Crippen molar-refractivity contribution in [2.45, 2.75) is 12.4 Å². The van der Waals surface area contributed by atoms with E-state index in [1.54, 1.807) is 0 Å². The summed E-state index contributed by atoms with van der Waals surface area (Å²) in [6, 6.07) is 4.55. The molecule has 1 aromatic carbocycles. The molecular formula is C14H7F6NO. The highest BCUT2D eigenvalue weighted by atomic mass is 19.4. The monoisotopic (exact) mass is 319 g/mol. The van der Waals surface area contributed by atoms with Crippen LogP contribution in [0.25, 0.3) is 11.1 Å². The van der Waals surface area contributed by atoms with Crippen LogP contribution < -0.4 is 0 Å². The van der Waals surface area contributed by atoms with Crippen LogP contribution in [-0.2, 0) is 12.4 Å². The SMILES string of the molecule is O=Cc1ncc(C(F)(F)F)cc1-c1ccccc1C(F)(F)F. The second-order valence-electron chi connectivity index (χ2n) is 4.32. The summed E-state index contributed by atoms with van der Waals surface area (Å²) in [5, 5.41) is 0. The number of carbonyl (C=O) groups excluding carboxylic acids is 1. The Labute approximate surface area is 120 Å². The van der Waals surface area contributed by atoms with Gasteiger partial charge >= 0.3 is 12.4 Å². The summed E-state index contributed by atoms with van der Waals surface area (Å²) in [5.41, 5.74) is -3.91. The second-order valence-corrected chi connectivity index (χ2v) is 4.32. The normalized spacial score (nSPS) is 12.3. The van der Waals surface area contributed by atoms with Gasteiger partial charge in [-0.05, 0) is 17.7 Å². The average molecular weight is 319 g/mol. The van der Waals surface area contributed by atoms with Gasteiger partial charge in [0.25, 0.3) is 0 Å². The van der Waals surface area contributed by atoms with E-state index in [9.17, 15) is 31.1 Å². The predicted octanol–water partition coefficient (Wildman–Crippen LogP) is 4.60. The maximum atomic E-state index is 13.0. The minimum Gasteiger partial charge on any atom is -0.296 e. The number of rotatable bonds is 2. The molecule has 1 aromatic heterocycles. The smallest absolute Gasteiger partial charge is 0.296 e. The average Bonchev–Trinajstić information content (AvgIpc) is 2.44. The number of aromatic nitrogens is 1. The highest BCUT2D eigenvalue weighted by Crippen LogP contribution is 2.39. The number of pyridine rings is 1. The minimum atomic E-state index is -4.78. The first kappa shape index (κ1) is 16.0. The summed E-state index contributed by atoms with van der Waals surface area (Å²) in [5.74, 6) is 0. The third-order valence-corrected chi connectivity index (χ3v) is 2.88. The van der Waals surface area contributed by atoms with Gasteiger partial charge in [-0.2, -0.15) is 26.3 Å². The van der Waals surface area contributed by atoms with Crippen LogP contribution in [0, 0.1) is 0 Å². The molecule has 0 aliphatic rings. The number of carbonyl (C=O) groups is 1. The van der Waals surface area contributed by atoms with Crippen molar-refractivity contribution in [2.24, 2.45) is 0 Å². The summed E-state index contributed by atoms with van der Waals surface area (Å²) in [7, 11) is 0. The molecule has 8 heteroatoms. The summed E-state index contributed by atoms with van der Waals surface area (Å²) in [6.07, 6.45) is -9.03. The molecule has 0 bridgehead atoms. The minimum absolute atomic E-state index is 0.114. The molecule has 0 saturated carbocycles.